The van der Waals surface area contributed by atoms with Crippen LogP contribution in [0.15, 0.2) is 10.1 Å². The maximum absolute atomic E-state index is 11.9. The number of hydrogen-bond donors (Lipinski definition) is 2. The van der Waals surface area contributed by atoms with Crippen LogP contribution in [0.25, 0.3) is 0 Å². The maximum atomic E-state index is 11.9. The zero-order valence-corrected chi connectivity index (χ0v) is 11.0. The van der Waals surface area contributed by atoms with Crippen molar-refractivity contribution >= 4 is 34.8 Å². The zero-order chi connectivity index (χ0) is 13.8. The number of phenols is 2. The molecule has 0 saturated carbocycles. The predicted molar refractivity (Wildman–Crippen MR) is 66.6 cm³/mol. The van der Waals surface area contributed by atoms with Gasteiger partial charge >= 0.3 is 0 Å². The number of hydrogen-bond acceptors (Lipinski definition) is 4. The number of phenolic OH excluding ortho intramolecular Hbond substituents is 2. The van der Waals surface area contributed by atoms with Crippen molar-refractivity contribution < 1.29 is 19.8 Å². The van der Waals surface area contributed by atoms with Crippen LogP contribution in [-0.2, 0) is 0 Å². The number of allylic oxidation sites excluding steroid dienone is 2. The number of benzene rings is 1. The molecule has 0 atom stereocenters. The van der Waals surface area contributed by atoms with Crippen LogP contribution in [-0.4, -0.2) is 21.8 Å². The third kappa shape index (κ3) is 1.46. The Bertz CT molecular complexity index is 589. The van der Waals surface area contributed by atoms with Crippen LogP contribution in [0.1, 0.15) is 31.8 Å². The van der Waals surface area contributed by atoms with Crippen molar-refractivity contribution in [2.24, 2.45) is 0 Å². The van der Waals surface area contributed by atoms with E-state index in [1.165, 1.54) is 13.8 Å². The second kappa shape index (κ2) is 4.00. The van der Waals surface area contributed by atoms with E-state index in [4.69, 9.17) is 23.2 Å². The van der Waals surface area contributed by atoms with Crippen LogP contribution in [0.5, 0.6) is 11.5 Å². The summed E-state index contributed by atoms with van der Waals surface area (Å²) in [5.41, 5.74) is 0.0368. The van der Waals surface area contributed by atoms with Gasteiger partial charge in [0.2, 0.25) is 11.6 Å². The van der Waals surface area contributed by atoms with E-state index in [9.17, 15) is 19.8 Å². The number of carbonyl (C=O) groups is 2. The number of aromatic hydroxyl groups is 2. The Balaban J connectivity index is 2.96. The normalized spacial score (nSPS) is 15.1. The highest BCUT2D eigenvalue weighted by Crippen LogP contribution is 2.43. The number of fused-ring (bicyclic) bond motifs is 1. The first-order chi connectivity index (χ1) is 8.29. The van der Waals surface area contributed by atoms with Gasteiger partial charge in [-0.3, -0.25) is 9.59 Å². The second-order valence-electron chi connectivity index (χ2n) is 3.98. The number of halogens is 2. The van der Waals surface area contributed by atoms with E-state index in [0.29, 0.717) is 11.1 Å². The van der Waals surface area contributed by atoms with E-state index in [2.05, 4.69) is 0 Å². The van der Waals surface area contributed by atoms with Gasteiger partial charge in [0.05, 0.1) is 11.1 Å². The van der Waals surface area contributed by atoms with E-state index in [0.717, 1.165) is 0 Å². The van der Waals surface area contributed by atoms with Crippen molar-refractivity contribution in [1.82, 2.24) is 0 Å². The smallest absolute Gasteiger partial charge is 0.210 e. The summed E-state index contributed by atoms with van der Waals surface area (Å²) < 4.78 is 0. The molecule has 0 bridgehead atoms. The number of ketones is 2. The fourth-order valence-electron chi connectivity index (χ4n) is 1.83. The van der Waals surface area contributed by atoms with E-state index >= 15 is 0 Å². The first kappa shape index (κ1) is 12.9. The molecule has 0 heterocycles. The highest BCUT2D eigenvalue weighted by Gasteiger charge is 2.37. The van der Waals surface area contributed by atoms with Gasteiger partial charge in [0.15, 0.2) is 0 Å². The largest absolute Gasteiger partial charge is 0.507 e. The molecule has 1 aromatic rings. The van der Waals surface area contributed by atoms with Crippen LogP contribution < -0.4 is 0 Å². The van der Waals surface area contributed by atoms with E-state index in [-0.39, 0.29) is 22.6 Å². The maximum Gasteiger partial charge on any atom is 0.210 e. The molecule has 2 N–H and O–H groups in total. The molecule has 0 amide bonds. The molecule has 0 fully saturated rings. The highest BCUT2D eigenvalue weighted by molar-refractivity contribution is 6.59. The average Bonchev–Trinajstić information content (AvgIpc) is 2.35. The quantitative estimate of drug-likeness (QED) is 0.719. The Labute approximate surface area is 112 Å². The van der Waals surface area contributed by atoms with Gasteiger partial charge in [-0.2, -0.15) is 0 Å². The summed E-state index contributed by atoms with van der Waals surface area (Å²) in [5.74, 6) is -2.26. The lowest BCUT2D eigenvalue weighted by Crippen LogP contribution is -2.19. The van der Waals surface area contributed by atoms with Crippen molar-refractivity contribution in [1.29, 1.82) is 0 Å². The third-order valence-electron chi connectivity index (χ3n) is 3.04. The van der Waals surface area contributed by atoms with Gasteiger partial charge in [-0.15, -0.1) is 0 Å². The van der Waals surface area contributed by atoms with Crippen LogP contribution in [0, 0.1) is 13.8 Å². The monoisotopic (exact) mass is 286 g/mol. The Kier molecular flexibility index (Phi) is 2.87. The van der Waals surface area contributed by atoms with Gasteiger partial charge in [-0.05, 0) is 25.0 Å². The Morgan fingerprint density at radius 2 is 1.06 bits per heavy atom. The van der Waals surface area contributed by atoms with Crippen molar-refractivity contribution in [3.8, 4) is 11.5 Å². The molecule has 0 radical (unpaired) electrons. The van der Waals surface area contributed by atoms with Crippen LogP contribution in [0.4, 0.5) is 0 Å². The SMILES string of the molecule is Cc1c(C)c(O)c2c(c1O)C(=O)C(Cl)=C(Cl)C2=O. The first-order valence-corrected chi connectivity index (χ1v) is 5.74. The molecule has 0 unspecified atom stereocenters. The van der Waals surface area contributed by atoms with E-state index in [1.807, 2.05) is 0 Å². The summed E-state index contributed by atoms with van der Waals surface area (Å²) in [6, 6.07) is 0. The Morgan fingerprint density at radius 1 is 0.778 bits per heavy atom. The third-order valence-corrected chi connectivity index (χ3v) is 3.86. The summed E-state index contributed by atoms with van der Waals surface area (Å²) in [6.07, 6.45) is 0. The second-order valence-corrected chi connectivity index (χ2v) is 4.74. The van der Waals surface area contributed by atoms with E-state index < -0.39 is 21.6 Å². The van der Waals surface area contributed by atoms with Gasteiger partial charge in [-0.25, -0.2) is 0 Å². The molecule has 0 saturated heterocycles. The van der Waals surface area contributed by atoms with Crippen molar-refractivity contribution in [3.63, 3.8) is 0 Å². The molecular formula is C12H8Cl2O4. The molecule has 1 aromatic carbocycles. The minimum Gasteiger partial charge on any atom is -0.507 e. The van der Waals surface area contributed by atoms with Gasteiger partial charge < -0.3 is 10.2 Å². The molecule has 0 spiro atoms. The molecule has 94 valence electrons. The Hall–Kier alpha value is -1.52. The van der Waals surface area contributed by atoms with Gasteiger partial charge in [0.25, 0.3) is 0 Å². The molecule has 18 heavy (non-hydrogen) atoms. The van der Waals surface area contributed by atoms with Crippen molar-refractivity contribution in [3.05, 3.63) is 32.3 Å². The standard InChI is InChI=1S/C12H8Cl2O4/c1-3-4(2)10(16)6-5(9(3)15)11(17)7(13)8(14)12(6)18/h15-16H,1-2H3. The highest BCUT2D eigenvalue weighted by atomic mass is 35.5. The average molecular weight is 287 g/mol. The topological polar surface area (TPSA) is 74.6 Å². The summed E-state index contributed by atoms with van der Waals surface area (Å²) in [4.78, 5) is 23.8. The molecule has 4 nitrogen and oxygen atoms in total. The molecule has 1 aliphatic rings. The Morgan fingerprint density at radius 3 is 1.33 bits per heavy atom. The summed E-state index contributed by atoms with van der Waals surface area (Å²) >= 11 is 11.3. The molecule has 0 aliphatic heterocycles. The lowest BCUT2D eigenvalue weighted by atomic mass is 9.88. The number of rotatable bonds is 0. The number of Topliss-reactive ketones (excluding diaryl/α,β-unsaturated/α-hetero) is 2. The lowest BCUT2D eigenvalue weighted by Gasteiger charge is -2.19. The van der Waals surface area contributed by atoms with Gasteiger partial charge in [0, 0.05) is 0 Å². The molecule has 2 rings (SSSR count). The number of carbonyl (C=O) groups excluding carboxylic acids is 2. The van der Waals surface area contributed by atoms with Crippen LogP contribution in [0.2, 0.25) is 0 Å². The fourth-order valence-corrected chi connectivity index (χ4v) is 2.19. The molecule has 0 aromatic heterocycles. The lowest BCUT2D eigenvalue weighted by molar-refractivity contribution is 0.0981. The fraction of sp³-hybridized carbons (Fsp3) is 0.167. The molecule has 1 aliphatic carbocycles. The van der Waals surface area contributed by atoms with Crippen molar-refractivity contribution in [2.75, 3.05) is 0 Å². The van der Waals surface area contributed by atoms with Gasteiger partial charge in [0.1, 0.15) is 21.6 Å². The van der Waals surface area contributed by atoms with Gasteiger partial charge in [-0.1, -0.05) is 23.2 Å². The first-order valence-electron chi connectivity index (χ1n) is 4.98. The van der Waals surface area contributed by atoms with Crippen LogP contribution >= 0.6 is 23.2 Å². The zero-order valence-electron chi connectivity index (χ0n) is 9.47. The van der Waals surface area contributed by atoms with E-state index in [1.54, 1.807) is 0 Å². The molecular weight excluding hydrogens is 279 g/mol. The molecule has 6 heteroatoms. The summed E-state index contributed by atoms with van der Waals surface area (Å²) in [7, 11) is 0. The van der Waals surface area contributed by atoms with Crippen molar-refractivity contribution in [2.45, 2.75) is 13.8 Å². The van der Waals surface area contributed by atoms with Crippen LogP contribution in [0.3, 0.4) is 0 Å². The summed E-state index contributed by atoms with van der Waals surface area (Å²) in [6.45, 7) is 3.05. The summed E-state index contributed by atoms with van der Waals surface area (Å²) in [5, 5.41) is 19.0. The predicted octanol–water partition coefficient (Wildman–Crippen LogP) is 2.78. The minimum atomic E-state index is -0.771. The minimum absolute atomic E-state index is 0.296.